The molecule has 3 N–H and O–H groups in total. The zero-order chi connectivity index (χ0) is 12.8. The molecule has 0 aliphatic carbocycles. The maximum absolute atomic E-state index is 11.7. The maximum Gasteiger partial charge on any atom is 0.237 e. The van der Waals surface area contributed by atoms with Gasteiger partial charge in [0.15, 0.2) is 0 Å². The van der Waals surface area contributed by atoms with E-state index in [-0.39, 0.29) is 11.8 Å². The van der Waals surface area contributed by atoms with E-state index in [0.29, 0.717) is 6.54 Å². The molecular formula is C14H22N2O. The lowest BCUT2D eigenvalue weighted by Crippen LogP contribution is -2.44. The van der Waals surface area contributed by atoms with E-state index in [4.69, 9.17) is 5.73 Å². The summed E-state index contributed by atoms with van der Waals surface area (Å²) in [7, 11) is 0. The summed E-state index contributed by atoms with van der Waals surface area (Å²) in [6, 6.07) is 7.70. The van der Waals surface area contributed by atoms with Crippen LogP contribution in [0.1, 0.15) is 31.4 Å². The molecule has 0 spiro atoms. The highest BCUT2D eigenvalue weighted by Gasteiger charge is 2.18. The molecule has 0 aliphatic rings. The first-order chi connectivity index (χ1) is 8.04. The van der Waals surface area contributed by atoms with Gasteiger partial charge in [-0.2, -0.15) is 0 Å². The zero-order valence-electron chi connectivity index (χ0n) is 10.9. The molecule has 94 valence electrons. The van der Waals surface area contributed by atoms with Gasteiger partial charge < -0.3 is 11.1 Å². The third-order valence-electron chi connectivity index (χ3n) is 3.15. The van der Waals surface area contributed by atoms with E-state index in [9.17, 15) is 4.79 Å². The molecule has 0 aliphatic heterocycles. The molecule has 0 heterocycles. The Morgan fingerprint density at radius 1 is 1.35 bits per heavy atom. The Hall–Kier alpha value is -1.35. The molecule has 0 bridgehead atoms. The zero-order valence-corrected chi connectivity index (χ0v) is 10.9. The van der Waals surface area contributed by atoms with Gasteiger partial charge in [0.05, 0.1) is 6.04 Å². The van der Waals surface area contributed by atoms with E-state index in [0.717, 1.165) is 12.0 Å². The first-order valence-corrected chi connectivity index (χ1v) is 6.13. The minimum absolute atomic E-state index is 0.0695. The molecule has 1 amide bonds. The summed E-state index contributed by atoms with van der Waals surface area (Å²) in [5.74, 6) is 0.146. The van der Waals surface area contributed by atoms with Gasteiger partial charge in [0, 0.05) is 6.54 Å². The summed E-state index contributed by atoms with van der Waals surface area (Å²) >= 11 is 0. The van der Waals surface area contributed by atoms with Crippen LogP contribution in [0, 0.1) is 12.8 Å². The van der Waals surface area contributed by atoms with Crippen molar-refractivity contribution in [3.63, 3.8) is 0 Å². The Morgan fingerprint density at radius 2 is 1.94 bits per heavy atom. The third kappa shape index (κ3) is 4.19. The lowest BCUT2D eigenvalue weighted by molar-refractivity contribution is -0.123. The first-order valence-electron chi connectivity index (χ1n) is 6.13. The van der Waals surface area contributed by atoms with E-state index in [1.807, 2.05) is 45.0 Å². The minimum Gasteiger partial charge on any atom is -0.351 e. The Morgan fingerprint density at radius 3 is 2.47 bits per heavy atom. The highest BCUT2D eigenvalue weighted by Crippen LogP contribution is 2.06. The van der Waals surface area contributed by atoms with Crippen molar-refractivity contribution in [3.8, 4) is 0 Å². The number of hydrogen-bond donors (Lipinski definition) is 2. The molecule has 1 rings (SSSR count). The van der Waals surface area contributed by atoms with E-state index in [1.54, 1.807) is 0 Å². The highest BCUT2D eigenvalue weighted by atomic mass is 16.2. The average Bonchev–Trinajstić information content (AvgIpc) is 2.35. The second kappa shape index (κ2) is 6.40. The number of rotatable bonds is 5. The maximum atomic E-state index is 11.7. The van der Waals surface area contributed by atoms with E-state index >= 15 is 0 Å². The topological polar surface area (TPSA) is 55.1 Å². The van der Waals surface area contributed by atoms with Crippen molar-refractivity contribution < 1.29 is 4.79 Å². The van der Waals surface area contributed by atoms with Crippen LogP contribution < -0.4 is 11.1 Å². The second-order valence-corrected chi connectivity index (χ2v) is 4.61. The fourth-order valence-electron chi connectivity index (χ4n) is 1.53. The van der Waals surface area contributed by atoms with Crippen LogP contribution in [0.15, 0.2) is 24.3 Å². The number of carbonyl (C=O) groups excluding carboxylic acids is 1. The van der Waals surface area contributed by atoms with Crippen LogP contribution in [0.25, 0.3) is 0 Å². The van der Waals surface area contributed by atoms with E-state index in [1.165, 1.54) is 5.56 Å². The van der Waals surface area contributed by atoms with Crippen molar-refractivity contribution in [2.24, 2.45) is 11.7 Å². The van der Waals surface area contributed by atoms with Crippen molar-refractivity contribution in [1.29, 1.82) is 0 Å². The van der Waals surface area contributed by atoms with Crippen LogP contribution >= 0.6 is 0 Å². The van der Waals surface area contributed by atoms with Gasteiger partial charge in [-0.05, 0) is 18.4 Å². The van der Waals surface area contributed by atoms with Gasteiger partial charge in [-0.25, -0.2) is 0 Å². The number of nitrogens with one attached hydrogen (secondary N) is 1. The molecule has 3 heteroatoms. The third-order valence-corrected chi connectivity index (χ3v) is 3.15. The van der Waals surface area contributed by atoms with Crippen LogP contribution in [0.5, 0.6) is 0 Å². The number of amides is 1. The van der Waals surface area contributed by atoms with Crippen LogP contribution in [0.2, 0.25) is 0 Å². The number of hydrogen-bond acceptors (Lipinski definition) is 2. The summed E-state index contributed by atoms with van der Waals surface area (Å²) in [6.07, 6.45) is 0.916. The normalized spacial score (nSPS) is 14.1. The molecular weight excluding hydrogens is 212 g/mol. The van der Waals surface area contributed by atoms with Gasteiger partial charge in [0.1, 0.15) is 0 Å². The SMILES string of the molecule is CC[C@H](C)[C@H](N)C(=O)NCc1ccc(C)cc1. The Kier molecular flexibility index (Phi) is 5.16. The van der Waals surface area contributed by atoms with Crippen molar-refractivity contribution in [2.75, 3.05) is 0 Å². The highest BCUT2D eigenvalue weighted by molar-refractivity contribution is 5.81. The first kappa shape index (κ1) is 13.7. The summed E-state index contributed by atoms with van der Waals surface area (Å²) in [5, 5.41) is 2.87. The van der Waals surface area contributed by atoms with Gasteiger partial charge in [0.2, 0.25) is 5.91 Å². The van der Waals surface area contributed by atoms with Crippen LogP contribution in [-0.4, -0.2) is 11.9 Å². The lowest BCUT2D eigenvalue weighted by Gasteiger charge is -2.17. The fraction of sp³-hybridized carbons (Fsp3) is 0.500. The average molecular weight is 234 g/mol. The predicted molar refractivity (Wildman–Crippen MR) is 70.5 cm³/mol. The summed E-state index contributed by atoms with van der Waals surface area (Å²) in [4.78, 5) is 11.7. The number of nitrogens with two attached hydrogens (primary N) is 1. The smallest absolute Gasteiger partial charge is 0.237 e. The van der Waals surface area contributed by atoms with Gasteiger partial charge in [-0.1, -0.05) is 50.1 Å². The molecule has 0 saturated carbocycles. The lowest BCUT2D eigenvalue weighted by atomic mass is 9.99. The second-order valence-electron chi connectivity index (χ2n) is 4.61. The van der Waals surface area contributed by atoms with Crippen LogP contribution in [-0.2, 0) is 11.3 Å². The van der Waals surface area contributed by atoms with Gasteiger partial charge >= 0.3 is 0 Å². The van der Waals surface area contributed by atoms with E-state index in [2.05, 4.69) is 5.32 Å². The van der Waals surface area contributed by atoms with Crippen LogP contribution in [0.4, 0.5) is 0 Å². The van der Waals surface area contributed by atoms with Crippen molar-refractivity contribution in [1.82, 2.24) is 5.32 Å². The molecule has 0 saturated heterocycles. The quantitative estimate of drug-likeness (QED) is 0.818. The Labute approximate surface area is 103 Å². The molecule has 0 radical (unpaired) electrons. The largest absolute Gasteiger partial charge is 0.351 e. The summed E-state index contributed by atoms with van der Waals surface area (Å²) in [6.45, 7) is 6.62. The van der Waals surface area contributed by atoms with E-state index < -0.39 is 6.04 Å². The molecule has 1 aromatic rings. The molecule has 0 unspecified atom stereocenters. The number of carbonyl (C=O) groups is 1. The minimum atomic E-state index is -0.412. The molecule has 3 nitrogen and oxygen atoms in total. The Balaban J connectivity index is 2.45. The van der Waals surface area contributed by atoms with Crippen molar-refractivity contribution >= 4 is 5.91 Å². The summed E-state index contributed by atoms with van der Waals surface area (Å²) in [5.41, 5.74) is 8.16. The molecule has 17 heavy (non-hydrogen) atoms. The van der Waals surface area contributed by atoms with Crippen molar-refractivity contribution in [3.05, 3.63) is 35.4 Å². The predicted octanol–water partition coefficient (Wildman–Crippen LogP) is 1.98. The van der Waals surface area contributed by atoms with Crippen molar-refractivity contribution in [2.45, 2.75) is 39.8 Å². The Bertz CT molecular complexity index is 359. The molecule has 2 atom stereocenters. The van der Waals surface area contributed by atoms with Crippen LogP contribution in [0.3, 0.4) is 0 Å². The molecule has 0 fully saturated rings. The number of aryl methyl sites for hydroxylation is 1. The monoisotopic (exact) mass is 234 g/mol. The number of benzene rings is 1. The molecule has 1 aromatic carbocycles. The summed E-state index contributed by atoms with van der Waals surface area (Å²) < 4.78 is 0. The standard InChI is InChI=1S/C14H22N2O/c1-4-11(3)13(15)14(17)16-9-12-7-5-10(2)6-8-12/h5-8,11,13H,4,9,15H2,1-3H3,(H,16,17)/t11-,13-/m0/s1. The van der Waals surface area contributed by atoms with Gasteiger partial charge in [-0.15, -0.1) is 0 Å². The fourth-order valence-corrected chi connectivity index (χ4v) is 1.53. The molecule has 0 aromatic heterocycles. The van der Waals surface area contributed by atoms with Gasteiger partial charge in [0.25, 0.3) is 0 Å². The van der Waals surface area contributed by atoms with Gasteiger partial charge in [-0.3, -0.25) is 4.79 Å².